The van der Waals surface area contributed by atoms with Crippen molar-refractivity contribution in [1.82, 2.24) is 0 Å². The quantitative estimate of drug-likeness (QED) is 0.523. The molecule has 1 aromatic carbocycles. The van der Waals surface area contributed by atoms with Crippen LogP contribution in [0.5, 0.6) is 5.75 Å². The van der Waals surface area contributed by atoms with Crippen molar-refractivity contribution in [2.24, 2.45) is 11.8 Å². The highest BCUT2D eigenvalue weighted by Crippen LogP contribution is 2.50. The maximum atomic E-state index is 11.1. The number of anilines is 1. The Morgan fingerprint density at radius 3 is 2.81 bits per heavy atom. The number of nitrogens with one attached hydrogen (secondary N) is 1. The fourth-order valence-corrected chi connectivity index (χ4v) is 3.62. The summed E-state index contributed by atoms with van der Waals surface area (Å²) in [5.74, 6) is 1.75. The average Bonchev–Trinajstić information content (AvgIpc) is 2.94. The summed E-state index contributed by atoms with van der Waals surface area (Å²) in [7, 11) is 1.56. The Bertz CT molecular complexity index is 610. The zero-order valence-electron chi connectivity index (χ0n) is 12.5. The molecule has 0 saturated heterocycles. The molecule has 0 unspecified atom stereocenters. The SMILES string of the molecule is COc1cc([N+](=O)[O-])cc2c1N[C@H](C(C)C)[C@H]1CC=C[C@H]21. The largest absolute Gasteiger partial charge is 0.494 e. The van der Waals surface area contributed by atoms with E-state index in [1.165, 1.54) is 6.07 Å². The molecule has 0 amide bonds. The van der Waals surface area contributed by atoms with E-state index < -0.39 is 0 Å². The molecule has 3 rings (SSSR count). The van der Waals surface area contributed by atoms with Crippen LogP contribution in [-0.4, -0.2) is 18.1 Å². The third-order valence-electron chi connectivity index (χ3n) is 4.61. The number of nitro groups is 1. The van der Waals surface area contributed by atoms with Gasteiger partial charge in [-0.05, 0) is 23.8 Å². The first-order chi connectivity index (χ1) is 10.0. The molecule has 5 heteroatoms. The third-order valence-corrected chi connectivity index (χ3v) is 4.61. The zero-order chi connectivity index (χ0) is 15.1. The molecule has 0 radical (unpaired) electrons. The molecule has 1 aromatic rings. The summed E-state index contributed by atoms with van der Waals surface area (Å²) >= 11 is 0. The van der Waals surface area contributed by atoms with E-state index in [1.54, 1.807) is 13.2 Å². The number of nitrogens with zero attached hydrogens (tertiary/aromatic N) is 1. The first-order valence-electron chi connectivity index (χ1n) is 7.32. The van der Waals surface area contributed by atoms with Gasteiger partial charge in [-0.3, -0.25) is 10.1 Å². The van der Waals surface area contributed by atoms with Crippen LogP contribution in [0.2, 0.25) is 0 Å². The van der Waals surface area contributed by atoms with E-state index in [2.05, 4.69) is 31.3 Å². The first kappa shape index (κ1) is 13.9. The Hall–Kier alpha value is -2.04. The highest BCUT2D eigenvalue weighted by atomic mass is 16.6. The smallest absolute Gasteiger partial charge is 0.273 e. The van der Waals surface area contributed by atoms with Gasteiger partial charge in [-0.25, -0.2) is 0 Å². The topological polar surface area (TPSA) is 64.4 Å². The van der Waals surface area contributed by atoms with Crippen molar-refractivity contribution in [2.45, 2.75) is 32.2 Å². The second-order valence-corrected chi connectivity index (χ2v) is 6.14. The fourth-order valence-electron chi connectivity index (χ4n) is 3.62. The molecule has 112 valence electrons. The molecule has 0 spiro atoms. The second kappa shape index (κ2) is 5.06. The van der Waals surface area contributed by atoms with Crippen molar-refractivity contribution in [1.29, 1.82) is 0 Å². The standard InChI is InChI=1S/C16H20N2O3/c1-9(2)15-12-6-4-5-11(12)13-7-10(18(19)20)8-14(21-3)16(13)17-15/h4-5,7-9,11-12,15,17H,6H2,1-3H3/t11-,12-,15+/m0/s1. The molecule has 0 fully saturated rings. The van der Waals surface area contributed by atoms with Gasteiger partial charge in [-0.2, -0.15) is 0 Å². The molecular weight excluding hydrogens is 268 g/mol. The van der Waals surface area contributed by atoms with Gasteiger partial charge in [0.1, 0.15) is 5.75 Å². The minimum Gasteiger partial charge on any atom is -0.494 e. The fraction of sp³-hybridized carbons (Fsp3) is 0.500. The summed E-state index contributed by atoms with van der Waals surface area (Å²) in [5, 5.41) is 14.7. The van der Waals surface area contributed by atoms with Crippen LogP contribution >= 0.6 is 0 Å². The van der Waals surface area contributed by atoms with Gasteiger partial charge < -0.3 is 10.1 Å². The van der Waals surface area contributed by atoms with Gasteiger partial charge in [-0.1, -0.05) is 26.0 Å². The maximum absolute atomic E-state index is 11.1. The molecular formula is C16H20N2O3. The number of allylic oxidation sites excluding steroid dienone is 2. The highest BCUT2D eigenvalue weighted by Gasteiger charge is 2.40. The summed E-state index contributed by atoms with van der Waals surface area (Å²) in [6.45, 7) is 4.41. The summed E-state index contributed by atoms with van der Waals surface area (Å²) < 4.78 is 5.39. The van der Waals surface area contributed by atoms with Gasteiger partial charge in [0.25, 0.3) is 5.69 Å². The number of ether oxygens (including phenoxy) is 1. The van der Waals surface area contributed by atoms with Crippen LogP contribution in [0, 0.1) is 22.0 Å². The molecule has 1 aliphatic heterocycles. The summed E-state index contributed by atoms with van der Waals surface area (Å²) in [6, 6.07) is 3.55. The Morgan fingerprint density at radius 1 is 1.43 bits per heavy atom. The average molecular weight is 288 g/mol. The highest BCUT2D eigenvalue weighted by molar-refractivity contribution is 5.70. The van der Waals surface area contributed by atoms with Crippen LogP contribution in [0.4, 0.5) is 11.4 Å². The zero-order valence-corrected chi connectivity index (χ0v) is 12.5. The molecule has 21 heavy (non-hydrogen) atoms. The van der Waals surface area contributed by atoms with E-state index in [4.69, 9.17) is 4.74 Å². The van der Waals surface area contributed by atoms with Crippen LogP contribution in [0.1, 0.15) is 31.7 Å². The Morgan fingerprint density at radius 2 is 2.19 bits per heavy atom. The Kier molecular flexibility index (Phi) is 3.35. The van der Waals surface area contributed by atoms with Crippen molar-refractivity contribution >= 4 is 11.4 Å². The number of hydrogen-bond acceptors (Lipinski definition) is 4. The number of rotatable bonds is 3. The molecule has 0 saturated carbocycles. The van der Waals surface area contributed by atoms with Crippen molar-refractivity contribution in [3.8, 4) is 5.75 Å². The molecule has 1 N–H and O–H groups in total. The van der Waals surface area contributed by atoms with Gasteiger partial charge in [0.2, 0.25) is 0 Å². The van der Waals surface area contributed by atoms with Crippen LogP contribution < -0.4 is 10.1 Å². The van der Waals surface area contributed by atoms with E-state index in [0.29, 0.717) is 23.6 Å². The van der Waals surface area contributed by atoms with E-state index in [9.17, 15) is 10.1 Å². The molecule has 1 heterocycles. The van der Waals surface area contributed by atoms with Crippen LogP contribution in [0.25, 0.3) is 0 Å². The summed E-state index contributed by atoms with van der Waals surface area (Å²) in [5.41, 5.74) is 1.99. The van der Waals surface area contributed by atoms with Gasteiger partial charge >= 0.3 is 0 Å². The van der Waals surface area contributed by atoms with Crippen LogP contribution in [0.15, 0.2) is 24.3 Å². The molecule has 0 aromatic heterocycles. The Labute approximate surface area is 124 Å². The van der Waals surface area contributed by atoms with E-state index in [0.717, 1.165) is 17.7 Å². The van der Waals surface area contributed by atoms with E-state index in [-0.39, 0.29) is 16.5 Å². The molecule has 3 atom stereocenters. The third kappa shape index (κ3) is 2.17. The number of benzene rings is 1. The van der Waals surface area contributed by atoms with Gasteiger partial charge in [-0.15, -0.1) is 0 Å². The molecule has 2 aliphatic rings. The minimum atomic E-state index is -0.356. The number of methoxy groups -OCH3 is 1. The monoisotopic (exact) mass is 288 g/mol. The maximum Gasteiger partial charge on any atom is 0.273 e. The van der Waals surface area contributed by atoms with Crippen LogP contribution in [-0.2, 0) is 0 Å². The number of non-ortho nitro benzene ring substituents is 1. The predicted molar refractivity (Wildman–Crippen MR) is 81.9 cm³/mol. The normalized spacial score (nSPS) is 26.2. The van der Waals surface area contributed by atoms with Crippen molar-refractivity contribution in [2.75, 3.05) is 12.4 Å². The molecule has 0 bridgehead atoms. The van der Waals surface area contributed by atoms with Gasteiger partial charge in [0, 0.05) is 18.0 Å². The molecule has 5 nitrogen and oxygen atoms in total. The minimum absolute atomic E-state index is 0.0921. The van der Waals surface area contributed by atoms with Crippen molar-refractivity contribution < 1.29 is 9.66 Å². The summed E-state index contributed by atoms with van der Waals surface area (Å²) in [4.78, 5) is 10.8. The van der Waals surface area contributed by atoms with E-state index >= 15 is 0 Å². The van der Waals surface area contributed by atoms with E-state index in [1.807, 2.05) is 0 Å². The van der Waals surface area contributed by atoms with Gasteiger partial charge in [0.05, 0.1) is 23.8 Å². The Balaban J connectivity index is 2.15. The second-order valence-electron chi connectivity index (χ2n) is 6.14. The first-order valence-corrected chi connectivity index (χ1v) is 7.32. The summed E-state index contributed by atoms with van der Waals surface area (Å²) in [6.07, 6.45) is 5.39. The lowest BCUT2D eigenvalue weighted by atomic mass is 9.75. The molecule has 1 aliphatic carbocycles. The number of fused-ring (bicyclic) bond motifs is 3. The lowest BCUT2D eigenvalue weighted by Gasteiger charge is -2.39. The number of nitro benzene ring substituents is 1. The number of hydrogen-bond donors (Lipinski definition) is 1. The van der Waals surface area contributed by atoms with Crippen molar-refractivity contribution in [3.63, 3.8) is 0 Å². The lowest BCUT2D eigenvalue weighted by molar-refractivity contribution is -0.385. The predicted octanol–water partition coefficient (Wildman–Crippen LogP) is 3.71. The lowest BCUT2D eigenvalue weighted by Crippen LogP contribution is -2.39. The van der Waals surface area contributed by atoms with Gasteiger partial charge in [0.15, 0.2) is 0 Å². The van der Waals surface area contributed by atoms with Crippen LogP contribution in [0.3, 0.4) is 0 Å². The van der Waals surface area contributed by atoms with Crippen molar-refractivity contribution in [3.05, 3.63) is 40.0 Å².